The Hall–Kier alpha value is -2.69. The molecule has 0 bridgehead atoms. The first-order chi connectivity index (χ1) is 9.52. The summed E-state index contributed by atoms with van der Waals surface area (Å²) in [5.74, 6) is -0.0661. The van der Waals surface area contributed by atoms with Gasteiger partial charge < -0.3 is 20.9 Å². The summed E-state index contributed by atoms with van der Waals surface area (Å²) >= 11 is 0. The summed E-state index contributed by atoms with van der Waals surface area (Å²) in [6, 6.07) is 9.82. The zero-order valence-corrected chi connectivity index (χ0v) is 11.3. The Labute approximate surface area is 117 Å². The van der Waals surface area contributed by atoms with E-state index in [1.54, 1.807) is 12.1 Å². The average Bonchev–Trinajstić information content (AvgIpc) is 2.43. The van der Waals surface area contributed by atoms with E-state index < -0.39 is 5.91 Å². The number of anilines is 2. The lowest BCUT2D eigenvalue weighted by molar-refractivity contribution is 0.102. The second kappa shape index (κ2) is 5.52. The minimum Gasteiger partial charge on any atom is -0.507 e. The van der Waals surface area contributed by atoms with Crippen molar-refractivity contribution in [3.63, 3.8) is 0 Å². The van der Waals surface area contributed by atoms with Gasteiger partial charge in [-0.05, 0) is 36.8 Å². The van der Waals surface area contributed by atoms with Crippen LogP contribution in [0, 0.1) is 6.92 Å². The first-order valence-electron chi connectivity index (χ1n) is 6.06. The molecule has 0 fully saturated rings. The Balaban J connectivity index is 2.33. The van der Waals surface area contributed by atoms with Gasteiger partial charge in [0.1, 0.15) is 11.5 Å². The molecule has 0 heterocycles. The maximum atomic E-state index is 12.2. The Morgan fingerprint density at radius 2 is 2.05 bits per heavy atom. The number of carbonyl (C=O) groups excluding carboxylic acids is 1. The molecule has 0 radical (unpaired) electrons. The van der Waals surface area contributed by atoms with Gasteiger partial charge in [0.15, 0.2) is 0 Å². The van der Waals surface area contributed by atoms with E-state index in [2.05, 4.69) is 5.32 Å². The lowest BCUT2D eigenvalue weighted by Crippen LogP contribution is -2.14. The van der Waals surface area contributed by atoms with E-state index in [0.29, 0.717) is 17.1 Å². The average molecular weight is 272 g/mol. The van der Waals surface area contributed by atoms with Gasteiger partial charge in [0.25, 0.3) is 5.91 Å². The monoisotopic (exact) mass is 272 g/mol. The molecule has 2 rings (SSSR count). The predicted octanol–water partition coefficient (Wildman–Crippen LogP) is 2.54. The molecule has 0 atom stereocenters. The van der Waals surface area contributed by atoms with Gasteiger partial charge >= 0.3 is 0 Å². The molecule has 0 aliphatic heterocycles. The Bertz CT molecular complexity index is 633. The molecule has 20 heavy (non-hydrogen) atoms. The summed E-state index contributed by atoms with van der Waals surface area (Å²) in [5, 5.41) is 12.5. The lowest BCUT2D eigenvalue weighted by atomic mass is 10.1. The first kappa shape index (κ1) is 13.7. The van der Waals surface area contributed by atoms with Gasteiger partial charge in [-0.1, -0.05) is 12.1 Å². The van der Waals surface area contributed by atoms with Crippen molar-refractivity contribution in [2.75, 3.05) is 18.2 Å². The van der Waals surface area contributed by atoms with Gasteiger partial charge in [-0.15, -0.1) is 0 Å². The molecule has 5 heteroatoms. The normalized spacial score (nSPS) is 10.1. The second-order valence-corrected chi connectivity index (χ2v) is 4.38. The number of carbonyl (C=O) groups is 1. The highest BCUT2D eigenvalue weighted by molar-refractivity contribution is 6.08. The Morgan fingerprint density at radius 1 is 1.30 bits per heavy atom. The van der Waals surface area contributed by atoms with Gasteiger partial charge in [0.2, 0.25) is 0 Å². The van der Waals surface area contributed by atoms with Crippen LogP contribution in [0.2, 0.25) is 0 Å². The highest BCUT2D eigenvalue weighted by Gasteiger charge is 2.14. The van der Waals surface area contributed by atoms with Crippen molar-refractivity contribution in [2.45, 2.75) is 6.92 Å². The molecule has 4 N–H and O–H groups in total. The van der Waals surface area contributed by atoms with E-state index in [-0.39, 0.29) is 11.3 Å². The fourth-order valence-corrected chi connectivity index (χ4v) is 1.87. The number of phenols is 1. The molecule has 0 unspecified atom stereocenters. The minimum atomic E-state index is -0.442. The topological polar surface area (TPSA) is 84.6 Å². The fourth-order valence-electron chi connectivity index (χ4n) is 1.87. The molecule has 2 aromatic carbocycles. The van der Waals surface area contributed by atoms with E-state index in [9.17, 15) is 9.90 Å². The molecular weight excluding hydrogens is 256 g/mol. The van der Waals surface area contributed by atoms with Crippen molar-refractivity contribution in [1.29, 1.82) is 0 Å². The van der Waals surface area contributed by atoms with E-state index >= 15 is 0 Å². The van der Waals surface area contributed by atoms with Gasteiger partial charge in [-0.2, -0.15) is 0 Å². The van der Waals surface area contributed by atoms with Crippen molar-refractivity contribution in [2.24, 2.45) is 0 Å². The van der Waals surface area contributed by atoms with Crippen LogP contribution < -0.4 is 15.8 Å². The molecule has 0 aromatic heterocycles. The molecule has 0 saturated heterocycles. The number of methoxy groups -OCH3 is 1. The zero-order chi connectivity index (χ0) is 14.7. The summed E-state index contributed by atoms with van der Waals surface area (Å²) in [7, 11) is 1.49. The minimum absolute atomic E-state index is 0.115. The van der Waals surface area contributed by atoms with Gasteiger partial charge in [-0.25, -0.2) is 0 Å². The number of phenolic OH excluding ortho intramolecular Hbond substituents is 1. The van der Waals surface area contributed by atoms with E-state index in [1.807, 2.05) is 19.1 Å². The Kier molecular flexibility index (Phi) is 3.79. The van der Waals surface area contributed by atoms with Crippen LogP contribution >= 0.6 is 0 Å². The van der Waals surface area contributed by atoms with E-state index in [0.717, 1.165) is 5.56 Å². The molecule has 2 aromatic rings. The fraction of sp³-hybridized carbons (Fsp3) is 0.133. The third-order valence-corrected chi connectivity index (χ3v) is 2.99. The van der Waals surface area contributed by atoms with Crippen LogP contribution in [0.15, 0.2) is 36.4 Å². The largest absolute Gasteiger partial charge is 0.507 e. The van der Waals surface area contributed by atoms with Crippen LogP contribution in [-0.4, -0.2) is 18.1 Å². The van der Waals surface area contributed by atoms with Crippen LogP contribution in [0.5, 0.6) is 11.5 Å². The van der Waals surface area contributed by atoms with Crippen LogP contribution in [0.25, 0.3) is 0 Å². The lowest BCUT2D eigenvalue weighted by Gasteiger charge is -2.12. The number of para-hydroxylation sites is 1. The summed E-state index contributed by atoms with van der Waals surface area (Å²) in [4.78, 5) is 12.2. The summed E-state index contributed by atoms with van der Waals surface area (Å²) < 4.78 is 5.04. The number of nitrogens with two attached hydrogens (primary N) is 1. The van der Waals surface area contributed by atoms with Gasteiger partial charge in [0.05, 0.1) is 24.0 Å². The molecule has 1 amide bonds. The number of amides is 1. The number of benzene rings is 2. The third kappa shape index (κ3) is 2.66. The van der Waals surface area contributed by atoms with Crippen LogP contribution in [0.1, 0.15) is 15.9 Å². The number of nitrogens with one attached hydrogen (secondary N) is 1. The van der Waals surface area contributed by atoms with Crippen LogP contribution in [0.4, 0.5) is 11.4 Å². The number of hydrogen-bond donors (Lipinski definition) is 3. The van der Waals surface area contributed by atoms with Crippen LogP contribution in [0.3, 0.4) is 0 Å². The zero-order valence-electron chi connectivity index (χ0n) is 11.3. The molecular formula is C15H16N2O3. The molecule has 0 aliphatic carbocycles. The third-order valence-electron chi connectivity index (χ3n) is 2.99. The maximum Gasteiger partial charge on any atom is 0.259 e. The number of rotatable bonds is 3. The molecule has 104 valence electrons. The van der Waals surface area contributed by atoms with Crippen molar-refractivity contribution in [3.05, 3.63) is 47.5 Å². The highest BCUT2D eigenvalue weighted by Crippen LogP contribution is 2.27. The van der Waals surface area contributed by atoms with Crippen molar-refractivity contribution < 1.29 is 14.6 Å². The molecule has 5 nitrogen and oxygen atoms in total. The standard InChI is InChI=1S/C15H16N2O3/c1-9-4-3-5-12(16)14(9)17-15(19)11-8-10(20-2)6-7-13(11)18/h3-8,18H,16H2,1-2H3,(H,17,19). The highest BCUT2D eigenvalue weighted by atomic mass is 16.5. The maximum absolute atomic E-state index is 12.2. The SMILES string of the molecule is COc1ccc(O)c(C(=O)Nc2c(C)cccc2N)c1. The molecule has 0 spiro atoms. The quantitative estimate of drug-likeness (QED) is 0.750. The van der Waals surface area contributed by atoms with Crippen molar-refractivity contribution in [1.82, 2.24) is 0 Å². The molecule has 0 saturated carbocycles. The summed E-state index contributed by atoms with van der Waals surface area (Å²) in [6.07, 6.45) is 0. The number of hydrogen-bond acceptors (Lipinski definition) is 4. The van der Waals surface area contributed by atoms with Crippen molar-refractivity contribution >= 4 is 17.3 Å². The summed E-state index contributed by atoms with van der Waals surface area (Å²) in [5.41, 5.74) is 7.83. The summed E-state index contributed by atoms with van der Waals surface area (Å²) in [6.45, 7) is 1.84. The number of ether oxygens (including phenoxy) is 1. The van der Waals surface area contributed by atoms with Gasteiger partial charge in [0, 0.05) is 0 Å². The molecule has 0 aliphatic rings. The number of aryl methyl sites for hydroxylation is 1. The predicted molar refractivity (Wildman–Crippen MR) is 78.2 cm³/mol. The van der Waals surface area contributed by atoms with Crippen molar-refractivity contribution in [3.8, 4) is 11.5 Å². The smallest absolute Gasteiger partial charge is 0.259 e. The van der Waals surface area contributed by atoms with E-state index in [1.165, 1.54) is 19.2 Å². The Morgan fingerprint density at radius 3 is 2.70 bits per heavy atom. The first-order valence-corrected chi connectivity index (χ1v) is 6.06. The van der Waals surface area contributed by atoms with E-state index in [4.69, 9.17) is 10.5 Å². The van der Waals surface area contributed by atoms with Gasteiger partial charge in [-0.3, -0.25) is 4.79 Å². The second-order valence-electron chi connectivity index (χ2n) is 4.38. The van der Waals surface area contributed by atoms with Crippen LogP contribution in [-0.2, 0) is 0 Å². The number of aromatic hydroxyl groups is 1. The number of nitrogen functional groups attached to an aromatic ring is 1.